The third-order valence-electron chi connectivity index (χ3n) is 2.38. The molecule has 7 heteroatoms. The molecule has 0 saturated carbocycles. The van der Waals surface area contributed by atoms with Crippen molar-refractivity contribution in [3.05, 3.63) is 28.2 Å². The van der Waals surface area contributed by atoms with Crippen molar-refractivity contribution in [2.24, 2.45) is 5.73 Å². The van der Waals surface area contributed by atoms with E-state index in [1.54, 1.807) is 12.1 Å². The summed E-state index contributed by atoms with van der Waals surface area (Å²) >= 11 is 3.19. The fourth-order valence-electron chi connectivity index (χ4n) is 1.26. The van der Waals surface area contributed by atoms with Gasteiger partial charge in [0.1, 0.15) is 5.54 Å². The Morgan fingerprint density at radius 1 is 1.39 bits per heavy atom. The summed E-state index contributed by atoms with van der Waals surface area (Å²) in [5.41, 5.74) is 4.72. The molecule has 1 amide bonds. The lowest BCUT2D eigenvalue weighted by Crippen LogP contribution is -2.52. The maximum Gasteiger partial charge on any atom is 0.242 e. The minimum absolute atomic E-state index is 0.0717. The van der Waals surface area contributed by atoms with Crippen molar-refractivity contribution in [3.8, 4) is 0 Å². The number of carbonyl (C=O) groups excluding carboxylic acids is 1. The van der Waals surface area contributed by atoms with Crippen LogP contribution in [0.2, 0.25) is 0 Å². The van der Waals surface area contributed by atoms with Crippen LogP contribution in [0.1, 0.15) is 19.4 Å². The summed E-state index contributed by atoms with van der Waals surface area (Å²) in [4.78, 5) is 11.2. The Balaban J connectivity index is 3.19. The molecule has 1 aromatic carbocycles. The molecule has 0 bridgehead atoms. The van der Waals surface area contributed by atoms with Gasteiger partial charge in [0.05, 0.1) is 4.90 Å². The molecule has 1 aromatic rings. The number of sulfonamides is 1. The molecule has 100 valence electrons. The van der Waals surface area contributed by atoms with Crippen molar-refractivity contribution in [1.82, 2.24) is 4.72 Å². The molecular weight excluding hydrogens is 320 g/mol. The Morgan fingerprint density at radius 2 is 1.94 bits per heavy atom. The summed E-state index contributed by atoms with van der Waals surface area (Å²) in [6.45, 7) is 4.67. The summed E-state index contributed by atoms with van der Waals surface area (Å²) in [6, 6.07) is 4.83. The Labute approximate surface area is 115 Å². The van der Waals surface area contributed by atoms with Gasteiger partial charge in [0.25, 0.3) is 0 Å². The molecule has 18 heavy (non-hydrogen) atoms. The highest BCUT2D eigenvalue weighted by Gasteiger charge is 2.32. The van der Waals surface area contributed by atoms with E-state index >= 15 is 0 Å². The zero-order valence-corrected chi connectivity index (χ0v) is 12.7. The average molecular weight is 335 g/mol. The summed E-state index contributed by atoms with van der Waals surface area (Å²) in [5, 5.41) is 0. The van der Waals surface area contributed by atoms with E-state index in [0.29, 0.717) is 4.47 Å². The van der Waals surface area contributed by atoms with Crippen LogP contribution in [0.5, 0.6) is 0 Å². The zero-order valence-electron chi connectivity index (χ0n) is 10.3. The number of nitrogens with two attached hydrogens (primary N) is 1. The number of nitrogens with one attached hydrogen (secondary N) is 1. The molecule has 1 rings (SSSR count). The van der Waals surface area contributed by atoms with E-state index in [4.69, 9.17) is 5.73 Å². The van der Waals surface area contributed by atoms with Crippen molar-refractivity contribution in [1.29, 1.82) is 0 Å². The Bertz CT molecular complexity index is 582. The second-order valence-electron chi connectivity index (χ2n) is 4.53. The molecule has 0 saturated heterocycles. The van der Waals surface area contributed by atoms with Gasteiger partial charge in [-0.1, -0.05) is 6.07 Å². The van der Waals surface area contributed by atoms with E-state index in [2.05, 4.69) is 20.7 Å². The zero-order chi connectivity index (χ0) is 14.1. The number of rotatable bonds is 4. The SMILES string of the molecule is Cc1ccc(S(=O)(=O)NC(C)(C)C(N)=O)c(Br)c1. The maximum absolute atomic E-state index is 12.1. The number of aryl methyl sites for hydroxylation is 1. The Kier molecular flexibility index (Phi) is 4.19. The fourth-order valence-corrected chi connectivity index (χ4v) is 3.84. The highest BCUT2D eigenvalue weighted by molar-refractivity contribution is 9.10. The minimum Gasteiger partial charge on any atom is -0.368 e. The topological polar surface area (TPSA) is 89.3 Å². The van der Waals surface area contributed by atoms with Gasteiger partial charge in [-0.05, 0) is 54.4 Å². The second kappa shape index (κ2) is 4.99. The van der Waals surface area contributed by atoms with Crippen LogP contribution in [-0.4, -0.2) is 19.9 Å². The predicted molar refractivity (Wildman–Crippen MR) is 72.5 cm³/mol. The van der Waals surface area contributed by atoms with Crippen molar-refractivity contribution in [3.63, 3.8) is 0 Å². The molecule has 0 heterocycles. The number of carbonyl (C=O) groups is 1. The number of hydrogen-bond acceptors (Lipinski definition) is 3. The van der Waals surface area contributed by atoms with E-state index in [0.717, 1.165) is 5.56 Å². The van der Waals surface area contributed by atoms with Crippen LogP contribution in [-0.2, 0) is 14.8 Å². The molecule has 0 fully saturated rings. The first-order chi connectivity index (χ1) is 8.06. The van der Waals surface area contributed by atoms with Gasteiger partial charge in [-0.3, -0.25) is 4.79 Å². The molecule has 0 aliphatic rings. The molecule has 5 nitrogen and oxygen atoms in total. The average Bonchev–Trinajstić information content (AvgIpc) is 2.14. The van der Waals surface area contributed by atoms with Gasteiger partial charge in [0.2, 0.25) is 15.9 Å². The monoisotopic (exact) mass is 334 g/mol. The number of amides is 1. The first-order valence-electron chi connectivity index (χ1n) is 5.16. The fraction of sp³-hybridized carbons (Fsp3) is 0.364. The van der Waals surface area contributed by atoms with Gasteiger partial charge in [0, 0.05) is 4.47 Å². The van der Waals surface area contributed by atoms with E-state index in [9.17, 15) is 13.2 Å². The summed E-state index contributed by atoms with van der Waals surface area (Å²) in [5.74, 6) is -0.741. The van der Waals surface area contributed by atoms with Crippen molar-refractivity contribution in [2.75, 3.05) is 0 Å². The van der Waals surface area contributed by atoms with Crippen LogP contribution in [0, 0.1) is 6.92 Å². The van der Waals surface area contributed by atoms with Gasteiger partial charge < -0.3 is 5.73 Å². The summed E-state index contributed by atoms with van der Waals surface area (Å²) in [6.07, 6.45) is 0. The molecule has 0 aliphatic carbocycles. The van der Waals surface area contributed by atoms with Gasteiger partial charge in [-0.15, -0.1) is 0 Å². The van der Waals surface area contributed by atoms with Gasteiger partial charge in [0.15, 0.2) is 0 Å². The molecule has 3 N–H and O–H groups in total. The first-order valence-corrected chi connectivity index (χ1v) is 7.44. The van der Waals surface area contributed by atoms with E-state index in [1.165, 1.54) is 19.9 Å². The molecule has 0 atom stereocenters. The van der Waals surface area contributed by atoms with Crippen molar-refractivity contribution in [2.45, 2.75) is 31.2 Å². The molecule has 0 aromatic heterocycles. The highest BCUT2D eigenvalue weighted by atomic mass is 79.9. The normalized spacial score (nSPS) is 12.4. The minimum atomic E-state index is -3.81. The second-order valence-corrected chi connectivity index (χ2v) is 7.03. The van der Waals surface area contributed by atoms with E-state index in [1.807, 2.05) is 6.92 Å². The Hall–Kier alpha value is -0.920. The van der Waals surface area contributed by atoms with Gasteiger partial charge >= 0.3 is 0 Å². The van der Waals surface area contributed by atoms with Crippen LogP contribution < -0.4 is 10.5 Å². The van der Waals surface area contributed by atoms with Crippen LogP contribution in [0.15, 0.2) is 27.6 Å². The standard InChI is InChI=1S/C11H15BrN2O3S/c1-7-4-5-9(8(12)6-7)18(16,17)14-11(2,3)10(13)15/h4-6,14H,1-3H3,(H2,13,15). The highest BCUT2D eigenvalue weighted by Crippen LogP contribution is 2.24. The third kappa shape index (κ3) is 3.30. The predicted octanol–water partition coefficient (Wildman–Crippen LogP) is 1.30. The van der Waals surface area contributed by atoms with Crippen LogP contribution >= 0.6 is 15.9 Å². The third-order valence-corrected chi connectivity index (χ3v) is 5.02. The smallest absolute Gasteiger partial charge is 0.242 e. The lowest BCUT2D eigenvalue weighted by atomic mass is 10.1. The van der Waals surface area contributed by atoms with E-state index < -0.39 is 21.5 Å². The van der Waals surface area contributed by atoms with Crippen LogP contribution in [0.25, 0.3) is 0 Å². The molecular formula is C11H15BrN2O3S. The van der Waals surface area contributed by atoms with Crippen molar-refractivity contribution >= 4 is 31.9 Å². The molecule has 0 unspecified atom stereocenters. The van der Waals surface area contributed by atoms with Crippen LogP contribution in [0.4, 0.5) is 0 Å². The molecule has 0 spiro atoms. The van der Waals surface area contributed by atoms with Gasteiger partial charge in [-0.25, -0.2) is 8.42 Å². The van der Waals surface area contributed by atoms with Gasteiger partial charge in [-0.2, -0.15) is 4.72 Å². The number of halogens is 1. The quantitative estimate of drug-likeness (QED) is 0.869. The number of hydrogen-bond donors (Lipinski definition) is 2. The lowest BCUT2D eigenvalue weighted by molar-refractivity contribution is -0.122. The first kappa shape index (κ1) is 15.1. The summed E-state index contributed by atoms with van der Waals surface area (Å²) in [7, 11) is -3.81. The van der Waals surface area contributed by atoms with Crippen molar-refractivity contribution < 1.29 is 13.2 Å². The maximum atomic E-state index is 12.1. The number of primary amides is 1. The molecule has 0 aliphatic heterocycles. The largest absolute Gasteiger partial charge is 0.368 e. The Morgan fingerprint density at radius 3 is 2.39 bits per heavy atom. The number of benzene rings is 1. The molecule has 0 radical (unpaired) electrons. The van der Waals surface area contributed by atoms with E-state index in [-0.39, 0.29) is 4.90 Å². The summed E-state index contributed by atoms with van der Waals surface area (Å²) < 4.78 is 27.0. The lowest BCUT2D eigenvalue weighted by Gasteiger charge is -2.22. The van der Waals surface area contributed by atoms with Crippen LogP contribution in [0.3, 0.4) is 0 Å².